The summed E-state index contributed by atoms with van der Waals surface area (Å²) in [6.45, 7) is 6.54. The Morgan fingerprint density at radius 2 is 1.61 bits per heavy atom. The van der Waals surface area contributed by atoms with Crippen molar-refractivity contribution in [3.05, 3.63) is 78.4 Å². The molecular formula is C25H26N4O3S. The summed E-state index contributed by atoms with van der Waals surface area (Å²) < 4.78 is 24.7. The number of nitrogens with two attached hydrogens (primary N) is 1. The number of anilines is 1. The Bertz CT molecular complexity index is 1420. The second kappa shape index (κ2) is 8.46. The van der Waals surface area contributed by atoms with Crippen LogP contribution in [-0.2, 0) is 26.8 Å². The lowest BCUT2D eigenvalue weighted by molar-refractivity contribution is -0.116. The summed E-state index contributed by atoms with van der Waals surface area (Å²) in [7, 11) is -3.79. The molecule has 4 rings (SSSR count). The summed E-state index contributed by atoms with van der Waals surface area (Å²) in [5.41, 5.74) is 4.31. The van der Waals surface area contributed by atoms with Gasteiger partial charge in [0.1, 0.15) is 12.4 Å². The molecule has 0 saturated carbocycles. The van der Waals surface area contributed by atoms with Crippen LogP contribution in [0.1, 0.15) is 26.3 Å². The third kappa shape index (κ3) is 4.97. The first-order chi connectivity index (χ1) is 15.5. The molecular weight excluding hydrogens is 436 g/mol. The molecule has 1 heterocycles. The van der Waals surface area contributed by atoms with Crippen molar-refractivity contribution in [1.82, 2.24) is 9.55 Å². The third-order valence-electron chi connectivity index (χ3n) is 5.43. The van der Waals surface area contributed by atoms with E-state index < -0.39 is 10.0 Å². The monoisotopic (exact) mass is 462 g/mol. The van der Waals surface area contributed by atoms with Crippen molar-refractivity contribution in [1.29, 1.82) is 0 Å². The Morgan fingerprint density at radius 1 is 0.970 bits per heavy atom. The number of imidazole rings is 1. The Morgan fingerprint density at radius 3 is 2.21 bits per heavy atom. The van der Waals surface area contributed by atoms with Crippen LogP contribution in [0.3, 0.4) is 0 Å². The first-order valence-electron chi connectivity index (χ1n) is 10.5. The van der Waals surface area contributed by atoms with Gasteiger partial charge in [-0.25, -0.2) is 18.5 Å². The van der Waals surface area contributed by atoms with Gasteiger partial charge in [0.05, 0.1) is 15.9 Å². The number of amides is 1. The highest BCUT2D eigenvalue weighted by atomic mass is 32.2. The smallest absolute Gasteiger partial charge is 0.244 e. The SMILES string of the molecule is CC(C)(C)c1ccc(-c2nc3ccccc3n2CC(=O)Nc2ccc(S(N)(=O)=O)cc2)cc1. The molecule has 0 bridgehead atoms. The van der Waals surface area contributed by atoms with Gasteiger partial charge in [0.2, 0.25) is 15.9 Å². The summed E-state index contributed by atoms with van der Waals surface area (Å²) in [5, 5.41) is 7.94. The van der Waals surface area contributed by atoms with Gasteiger partial charge in [0.25, 0.3) is 0 Å². The number of fused-ring (bicyclic) bond motifs is 1. The number of primary sulfonamides is 1. The highest BCUT2D eigenvalue weighted by Gasteiger charge is 2.18. The number of carbonyl (C=O) groups is 1. The molecule has 33 heavy (non-hydrogen) atoms. The van der Waals surface area contributed by atoms with Crippen LogP contribution in [0.25, 0.3) is 22.4 Å². The number of hydrogen-bond acceptors (Lipinski definition) is 4. The van der Waals surface area contributed by atoms with Crippen LogP contribution >= 0.6 is 0 Å². The topological polar surface area (TPSA) is 107 Å². The van der Waals surface area contributed by atoms with Crippen LogP contribution in [0.2, 0.25) is 0 Å². The molecule has 0 unspecified atom stereocenters. The normalized spacial score (nSPS) is 12.1. The minimum absolute atomic E-state index is 0.0120. The summed E-state index contributed by atoms with van der Waals surface area (Å²) in [5.74, 6) is 0.449. The maximum Gasteiger partial charge on any atom is 0.244 e. The van der Waals surface area contributed by atoms with E-state index in [0.29, 0.717) is 11.5 Å². The molecule has 1 aromatic heterocycles. The minimum atomic E-state index is -3.79. The number of rotatable bonds is 5. The van der Waals surface area contributed by atoms with Gasteiger partial charge < -0.3 is 9.88 Å². The maximum atomic E-state index is 12.9. The molecule has 0 aliphatic carbocycles. The molecule has 0 atom stereocenters. The number of aromatic nitrogens is 2. The summed E-state index contributed by atoms with van der Waals surface area (Å²) in [4.78, 5) is 17.6. The van der Waals surface area contributed by atoms with Crippen LogP contribution in [0.4, 0.5) is 5.69 Å². The Hall–Kier alpha value is -3.49. The van der Waals surface area contributed by atoms with Gasteiger partial charge >= 0.3 is 0 Å². The van der Waals surface area contributed by atoms with Crippen LogP contribution in [0.5, 0.6) is 0 Å². The molecule has 8 heteroatoms. The van der Waals surface area contributed by atoms with Gasteiger partial charge in [-0.3, -0.25) is 4.79 Å². The lowest BCUT2D eigenvalue weighted by atomic mass is 9.87. The molecule has 0 aliphatic rings. The average molecular weight is 463 g/mol. The average Bonchev–Trinajstić information content (AvgIpc) is 3.11. The lowest BCUT2D eigenvalue weighted by Gasteiger charge is -2.19. The summed E-state index contributed by atoms with van der Waals surface area (Å²) in [6.07, 6.45) is 0. The Labute approximate surface area is 193 Å². The molecule has 7 nitrogen and oxygen atoms in total. The van der Waals surface area contributed by atoms with E-state index in [1.165, 1.54) is 29.8 Å². The van der Waals surface area contributed by atoms with Gasteiger partial charge in [0, 0.05) is 11.3 Å². The quantitative estimate of drug-likeness (QED) is 0.461. The van der Waals surface area contributed by atoms with Gasteiger partial charge in [0.15, 0.2) is 0 Å². The van der Waals surface area contributed by atoms with Crippen molar-refractivity contribution in [2.24, 2.45) is 5.14 Å². The molecule has 3 N–H and O–H groups in total. The first kappa shape index (κ1) is 22.7. The van der Waals surface area contributed by atoms with E-state index in [0.717, 1.165) is 16.6 Å². The van der Waals surface area contributed by atoms with Crippen molar-refractivity contribution >= 4 is 32.7 Å². The standard InChI is InChI=1S/C25H26N4O3S/c1-25(2,3)18-10-8-17(9-11-18)24-28-21-6-4-5-7-22(21)29(24)16-23(30)27-19-12-14-20(15-13-19)33(26,31)32/h4-15H,16H2,1-3H3,(H,27,30)(H2,26,31,32). The Kier molecular flexibility index (Phi) is 5.82. The molecule has 4 aromatic rings. The highest BCUT2D eigenvalue weighted by Crippen LogP contribution is 2.28. The van der Waals surface area contributed by atoms with Crippen molar-refractivity contribution in [2.75, 3.05) is 5.32 Å². The number of carbonyl (C=O) groups excluding carboxylic acids is 1. The number of benzene rings is 3. The zero-order valence-corrected chi connectivity index (χ0v) is 19.6. The van der Waals surface area contributed by atoms with Gasteiger partial charge in [-0.1, -0.05) is 57.2 Å². The van der Waals surface area contributed by atoms with E-state index in [4.69, 9.17) is 10.1 Å². The van der Waals surface area contributed by atoms with Crippen molar-refractivity contribution in [3.63, 3.8) is 0 Å². The molecule has 0 aliphatic heterocycles. The lowest BCUT2D eigenvalue weighted by Crippen LogP contribution is -2.19. The zero-order valence-electron chi connectivity index (χ0n) is 18.7. The van der Waals surface area contributed by atoms with E-state index in [9.17, 15) is 13.2 Å². The number of para-hydroxylation sites is 2. The number of nitrogens with one attached hydrogen (secondary N) is 1. The predicted octanol–water partition coefficient (Wildman–Crippen LogP) is 4.29. The van der Waals surface area contributed by atoms with E-state index >= 15 is 0 Å². The number of hydrogen-bond donors (Lipinski definition) is 2. The number of sulfonamides is 1. The van der Waals surface area contributed by atoms with Crippen LogP contribution < -0.4 is 10.5 Å². The van der Waals surface area contributed by atoms with Gasteiger partial charge in [-0.05, 0) is 47.4 Å². The highest BCUT2D eigenvalue weighted by molar-refractivity contribution is 7.89. The van der Waals surface area contributed by atoms with Crippen LogP contribution in [0.15, 0.2) is 77.7 Å². The summed E-state index contributed by atoms with van der Waals surface area (Å²) >= 11 is 0. The Balaban J connectivity index is 1.64. The molecule has 0 radical (unpaired) electrons. The largest absolute Gasteiger partial charge is 0.325 e. The van der Waals surface area contributed by atoms with E-state index in [-0.39, 0.29) is 22.8 Å². The van der Waals surface area contributed by atoms with E-state index in [1.54, 1.807) is 0 Å². The minimum Gasteiger partial charge on any atom is -0.325 e. The van der Waals surface area contributed by atoms with E-state index in [2.05, 4.69) is 38.2 Å². The second-order valence-corrected chi connectivity index (χ2v) is 10.5. The van der Waals surface area contributed by atoms with Crippen molar-refractivity contribution in [3.8, 4) is 11.4 Å². The van der Waals surface area contributed by atoms with Crippen LogP contribution in [0, 0.1) is 0 Å². The van der Waals surface area contributed by atoms with Crippen LogP contribution in [-0.4, -0.2) is 23.9 Å². The summed E-state index contributed by atoms with van der Waals surface area (Å²) in [6, 6.07) is 21.7. The molecule has 170 valence electrons. The predicted molar refractivity (Wildman–Crippen MR) is 130 cm³/mol. The molecule has 0 saturated heterocycles. The maximum absolute atomic E-state index is 12.9. The molecule has 0 fully saturated rings. The first-order valence-corrected chi connectivity index (χ1v) is 12.1. The third-order valence-corrected chi connectivity index (χ3v) is 6.36. The zero-order chi connectivity index (χ0) is 23.8. The number of nitrogens with zero attached hydrogens (tertiary/aromatic N) is 2. The molecule has 3 aromatic carbocycles. The molecule has 0 spiro atoms. The second-order valence-electron chi connectivity index (χ2n) is 8.96. The fourth-order valence-electron chi connectivity index (χ4n) is 3.65. The molecule has 1 amide bonds. The fraction of sp³-hybridized carbons (Fsp3) is 0.200. The fourth-order valence-corrected chi connectivity index (χ4v) is 4.16. The van der Waals surface area contributed by atoms with E-state index in [1.807, 2.05) is 41.0 Å². The van der Waals surface area contributed by atoms with Crippen molar-refractivity contribution < 1.29 is 13.2 Å². The van der Waals surface area contributed by atoms with Gasteiger partial charge in [-0.2, -0.15) is 0 Å². The van der Waals surface area contributed by atoms with Gasteiger partial charge in [-0.15, -0.1) is 0 Å². The van der Waals surface area contributed by atoms with Crippen molar-refractivity contribution in [2.45, 2.75) is 37.6 Å².